The average molecular weight is 459 g/mol. The summed E-state index contributed by atoms with van der Waals surface area (Å²) in [6.07, 6.45) is 6.42. The Morgan fingerprint density at radius 2 is 1.97 bits per heavy atom. The third kappa shape index (κ3) is 4.52. The van der Waals surface area contributed by atoms with Crippen LogP contribution in [-0.4, -0.2) is 62.8 Å². The molecule has 2 aromatic heterocycles. The maximum absolute atomic E-state index is 13.1. The molecule has 33 heavy (non-hydrogen) atoms. The van der Waals surface area contributed by atoms with Crippen LogP contribution in [-0.2, 0) is 16.1 Å². The highest BCUT2D eigenvalue weighted by Gasteiger charge is 2.34. The number of hydrogen-bond donors (Lipinski definition) is 3. The summed E-state index contributed by atoms with van der Waals surface area (Å²) >= 11 is 0. The van der Waals surface area contributed by atoms with E-state index < -0.39 is 11.5 Å². The molecule has 1 aliphatic heterocycles. The maximum Gasteiger partial charge on any atom is 0.378 e. The van der Waals surface area contributed by atoms with Gasteiger partial charge in [-0.3, -0.25) is 9.59 Å². The summed E-state index contributed by atoms with van der Waals surface area (Å²) in [5.41, 5.74) is 0.0203. The van der Waals surface area contributed by atoms with Gasteiger partial charge in [0, 0.05) is 12.1 Å². The predicted octanol–water partition coefficient (Wildman–Crippen LogP) is 0.818. The molecule has 4 rings (SSSR count). The van der Waals surface area contributed by atoms with Crippen molar-refractivity contribution in [2.24, 2.45) is 5.92 Å². The number of amides is 2. The van der Waals surface area contributed by atoms with Crippen molar-refractivity contribution in [3.8, 4) is 5.88 Å². The van der Waals surface area contributed by atoms with Gasteiger partial charge in [0.2, 0.25) is 11.5 Å². The number of carbonyl (C=O) groups is 2. The standard InChI is InChI=1S/C23H31N5O5/c1-13(2)10-26-21-16(5-8-18(29)27-14(3)11-33-12-15(27)4)9-24-28(21)23(32)19(22(26)31)20(30)25-17-6-7-17/h5,8-9,13-15,17H,6-7,10-12H2,1-4H3,(H2,25,30,31,32)/p+1/b8-5+/t14-,15-/m1/s1. The molecule has 3 N–H and O–H groups in total. The number of nitrogens with zero attached hydrogens (tertiary/aromatic N) is 3. The minimum atomic E-state index is -0.637. The molecule has 1 saturated carbocycles. The highest BCUT2D eigenvalue weighted by molar-refractivity contribution is 5.96. The van der Waals surface area contributed by atoms with Crippen LogP contribution in [0.3, 0.4) is 0 Å². The number of fused-ring (bicyclic) bond motifs is 1. The number of aromatic hydroxyl groups is 1. The number of morpholine rings is 1. The first-order chi connectivity index (χ1) is 15.7. The number of nitrogens with one attached hydrogen (secondary N) is 2. The van der Waals surface area contributed by atoms with Crippen molar-refractivity contribution >= 4 is 23.5 Å². The van der Waals surface area contributed by atoms with Crippen LogP contribution in [0.15, 0.2) is 17.1 Å². The lowest BCUT2D eigenvalue weighted by Crippen LogP contribution is -2.51. The van der Waals surface area contributed by atoms with Gasteiger partial charge in [-0.05, 0) is 38.7 Å². The zero-order chi connectivity index (χ0) is 23.9. The van der Waals surface area contributed by atoms with E-state index in [2.05, 4.69) is 10.4 Å². The zero-order valence-corrected chi connectivity index (χ0v) is 19.5. The fourth-order valence-electron chi connectivity index (χ4n) is 4.29. The molecule has 0 aromatic carbocycles. The molecule has 1 aliphatic carbocycles. The third-order valence-electron chi connectivity index (χ3n) is 5.99. The van der Waals surface area contributed by atoms with E-state index >= 15 is 0 Å². The van der Waals surface area contributed by atoms with Gasteiger partial charge < -0.3 is 20.1 Å². The van der Waals surface area contributed by atoms with Crippen molar-refractivity contribution in [3.63, 3.8) is 0 Å². The van der Waals surface area contributed by atoms with Gasteiger partial charge in [0.15, 0.2) is 0 Å². The molecule has 2 atom stereocenters. The number of aromatic amines is 1. The summed E-state index contributed by atoms with van der Waals surface area (Å²) in [7, 11) is 0. The van der Waals surface area contributed by atoms with Crippen LogP contribution in [0, 0.1) is 5.92 Å². The molecule has 2 amide bonds. The monoisotopic (exact) mass is 458 g/mol. The zero-order valence-electron chi connectivity index (χ0n) is 19.5. The van der Waals surface area contributed by atoms with Gasteiger partial charge in [0.05, 0.1) is 43.6 Å². The Balaban J connectivity index is 1.75. The molecule has 2 aromatic rings. The summed E-state index contributed by atoms with van der Waals surface area (Å²) in [6, 6.07) is -0.0356. The van der Waals surface area contributed by atoms with E-state index in [1.54, 1.807) is 21.7 Å². The highest BCUT2D eigenvalue weighted by Crippen LogP contribution is 2.21. The van der Waals surface area contributed by atoms with Gasteiger partial charge >= 0.3 is 17.1 Å². The number of hydrogen-bond acceptors (Lipinski definition) is 5. The Kier molecular flexibility index (Phi) is 6.29. The number of H-pyrrole nitrogens is 1. The topological polar surface area (TPSA) is 120 Å². The summed E-state index contributed by atoms with van der Waals surface area (Å²) in [4.78, 5) is 40.5. The average Bonchev–Trinajstić information content (AvgIpc) is 3.44. The first-order valence-corrected chi connectivity index (χ1v) is 11.5. The molecule has 10 nitrogen and oxygen atoms in total. The van der Waals surface area contributed by atoms with Crippen molar-refractivity contribution in [2.45, 2.75) is 65.2 Å². The molecule has 0 unspecified atom stereocenters. The Morgan fingerprint density at radius 1 is 1.30 bits per heavy atom. The van der Waals surface area contributed by atoms with E-state index in [4.69, 9.17) is 4.74 Å². The predicted molar refractivity (Wildman–Crippen MR) is 121 cm³/mol. The second-order valence-electron chi connectivity index (χ2n) is 9.46. The van der Waals surface area contributed by atoms with Crippen molar-refractivity contribution in [1.82, 2.24) is 19.8 Å². The van der Waals surface area contributed by atoms with Crippen molar-refractivity contribution < 1.29 is 24.0 Å². The third-order valence-corrected chi connectivity index (χ3v) is 5.99. The Morgan fingerprint density at radius 3 is 2.58 bits per heavy atom. The van der Waals surface area contributed by atoms with Crippen molar-refractivity contribution in [3.05, 3.63) is 33.8 Å². The van der Waals surface area contributed by atoms with E-state index in [0.717, 1.165) is 12.8 Å². The van der Waals surface area contributed by atoms with Gasteiger partial charge in [-0.2, -0.15) is 4.57 Å². The van der Waals surface area contributed by atoms with Crippen LogP contribution in [0.25, 0.3) is 11.7 Å². The molecule has 0 spiro atoms. The normalized spacial score (nSPS) is 21.3. The fourth-order valence-corrected chi connectivity index (χ4v) is 4.29. The van der Waals surface area contributed by atoms with Crippen LogP contribution in [0.2, 0.25) is 0 Å². The van der Waals surface area contributed by atoms with Crippen LogP contribution < -0.4 is 15.4 Å². The molecule has 0 bridgehead atoms. The van der Waals surface area contributed by atoms with E-state index in [1.807, 2.05) is 27.7 Å². The molecule has 3 heterocycles. The van der Waals surface area contributed by atoms with Gasteiger partial charge in [-0.1, -0.05) is 18.4 Å². The summed E-state index contributed by atoms with van der Waals surface area (Å²) < 4.78 is 8.29. The minimum absolute atomic E-state index is 0.0426. The quantitative estimate of drug-likeness (QED) is 0.437. The fraction of sp³-hybridized carbons (Fsp3) is 0.565. The Hall–Kier alpha value is -3.14. The van der Waals surface area contributed by atoms with Gasteiger partial charge in [-0.15, -0.1) is 0 Å². The molecule has 2 fully saturated rings. The number of aromatic nitrogens is 3. The van der Waals surface area contributed by atoms with Gasteiger partial charge in [-0.25, -0.2) is 9.89 Å². The lowest BCUT2D eigenvalue weighted by molar-refractivity contribution is -0.686. The Bertz CT molecular complexity index is 1150. The molecular formula is C23H32N5O5+. The Labute approximate surface area is 191 Å². The molecular weight excluding hydrogens is 426 g/mol. The SMILES string of the molecule is CC(C)C[n+]1c(O)c(C(=O)NC2CC2)c(=O)n2[nH]cc(/C=C/C(=O)N3[C@H](C)COC[C@H]3C)c21. The number of ether oxygens (including phenoxy) is 1. The van der Waals surface area contributed by atoms with Crippen molar-refractivity contribution in [1.29, 1.82) is 0 Å². The molecule has 2 aliphatic rings. The first-order valence-electron chi connectivity index (χ1n) is 11.5. The minimum Gasteiger partial charge on any atom is -0.477 e. The summed E-state index contributed by atoms with van der Waals surface area (Å²) in [5, 5.41) is 16.6. The van der Waals surface area contributed by atoms with Crippen LogP contribution in [0.4, 0.5) is 0 Å². The van der Waals surface area contributed by atoms with Crippen LogP contribution >= 0.6 is 0 Å². The van der Waals surface area contributed by atoms with E-state index in [1.165, 1.54) is 10.6 Å². The van der Waals surface area contributed by atoms with E-state index in [-0.39, 0.29) is 41.4 Å². The van der Waals surface area contributed by atoms with Gasteiger partial charge in [0.1, 0.15) is 0 Å². The second kappa shape index (κ2) is 9.01. The molecule has 178 valence electrons. The lowest BCUT2D eigenvalue weighted by Gasteiger charge is -2.38. The second-order valence-corrected chi connectivity index (χ2v) is 9.46. The first kappa shape index (κ1) is 23.0. The maximum atomic E-state index is 13.1. The largest absolute Gasteiger partial charge is 0.477 e. The van der Waals surface area contributed by atoms with Crippen LogP contribution in [0.1, 0.15) is 56.5 Å². The summed E-state index contributed by atoms with van der Waals surface area (Å²) in [5.74, 6) is -0.975. The lowest BCUT2D eigenvalue weighted by atomic mass is 10.1. The molecule has 1 saturated heterocycles. The van der Waals surface area contributed by atoms with E-state index in [9.17, 15) is 19.5 Å². The highest BCUT2D eigenvalue weighted by atomic mass is 16.5. The smallest absolute Gasteiger partial charge is 0.378 e. The van der Waals surface area contributed by atoms with Crippen LogP contribution in [0.5, 0.6) is 5.88 Å². The number of carbonyl (C=O) groups excluding carboxylic acids is 2. The summed E-state index contributed by atoms with van der Waals surface area (Å²) in [6.45, 7) is 9.19. The van der Waals surface area contributed by atoms with Gasteiger partial charge in [0.25, 0.3) is 5.91 Å². The molecule has 10 heteroatoms. The van der Waals surface area contributed by atoms with E-state index in [0.29, 0.717) is 31.0 Å². The molecule has 0 radical (unpaired) electrons. The van der Waals surface area contributed by atoms with Crippen molar-refractivity contribution in [2.75, 3.05) is 13.2 Å². The number of rotatable bonds is 6.